The number of hydrogen-bond acceptors (Lipinski definition) is 2. The molecule has 0 atom stereocenters. The summed E-state index contributed by atoms with van der Waals surface area (Å²) < 4.78 is 0. The van der Waals surface area contributed by atoms with E-state index in [2.05, 4.69) is 11.2 Å². The second-order valence-corrected chi connectivity index (χ2v) is 3.54. The molecule has 1 saturated heterocycles. The van der Waals surface area contributed by atoms with Crippen LogP contribution in [0.15, 0.2) is 0 Å². The third-order valence-electron chi connectivity index (χ3n) is 2.43. The van der Waals surface area contributed by atoms with Gasteiger partial charge in [-0.2, -0.15) is 0 Å². The quantitative estimate of drug-likeness (QED) is 0.525. The third kappa shape index (κ3) is 3.80. The molecule has 0 aliphatic carbocycles. The Hall–Kier alpha value is -1.01. The summed E-state index contributed by atoms with van der Waals surface area (Å²) in [6.07, 6.45) is 8.47. The molecule has 0 bridgehead atoms. The van der Waals surface area contributed by atoms with Gasteiger partial charge in [0.15, 0.2) is 0 Å². The van der Waals surface area contributed by atoms with E-state index in [0.29, 0.717) is 6.42 Å². The zero-order valence-corrected chi connectivity index (χ0v) is 8.59. The number of nitrogens with zero attached hydrogens (tertiary/aromatic N) is 1. The highest BCUT2D eigenvalue weighted by molar-refractivity contribution is 5.76. The van der Waals surface area contributed by atoms with Crippen molar-refractivity contribution in [3.8, 4) is 12.3 Å². The first-order valence-electron chi connectivity index (χ1n) is 5.26. The van der Waals surface area contributed by atoms with Crippen LogP contribution in [0, 0.1) is 12.3 Å². The van der Waals surface area contributed by atoms with Gasteiger partial charge in [-0.3, -0.25) is 4.79 Å². The second kappa shape index (κ2) is 6.44. The number of amides is 1. The predicted octanol–water partition coefficient (Wildman–Crippen LogP) is 0.612. The maximum atomic E-state index is 11.6. The fourth-order valence-corrected chi connectivity index (χ4v) is 1.58. The largest absolute Gasteiger partial charge is 0.340 e. The number of unbranched alkanes of at least 4 members (excludes halogenated alkanes) is 2. The molecule has 78 valence electrons. The van der Waals surface area contributed by atoms with Gasteiger partial charge in [-0.25, -0.2) is 0 Å². The Morgan fingerprint density at radius 2 is 2.07 bits per heavy atom. The summed E-state index contributed by atoms with van der Waals surface area (Å²) in [7, 11) is 0. The average Bonchev–Trinajstić information content (AvgIpc) is 2.25. The molecule has 0 saturated carbocycles. The summed E-state index contributed by atoms with van der Waals surface area (Å²) in [6.45, 7) is 3.56. The summed E-state index contributed by atoms with van der Waals surface area (Å²) in [4.78, 5) is 13.5. The molecule has 1 heterocycles. The summed E-state index contributed by atoms with van der Waals surface area (Å²) in [5, 5.41) is 3.23. The van der Waals surface area contributed by atoms with Gasteiger partial charge in [0, 0.05) is 39.0 Å². The first-order valence-corrected chi connectivity index (χ1v) is 5.26. The summed E-state index contributed by atoms with van der Waals surface area (Å²) in [5.41, 5.74) is 0. The van der Waals surface area contributed by atoms with E-state index in [1.807, 2.05) is 4.90 Å². The molecule has 0 spiro atoms. The fourth-order valence-electron chi connectivity index (χ4n) is 1.58. The van der Waals surface area contributed by atoms with Crippen molar-refractivity contribution >= 4 is 5.91 Å². The monoisotopic (exact) mass is 194 g/mol. The standard InChI is InChI=1S/C11H18N2O/c1-2-3-4-5-6-11(14)13-9-7-12-8-10-13/h1,12H,3-10H2. The lowest BCUT2D eigenvalue weighted by molar-refractivity contribution is -0.131. The zero-order valence-electron chi connectivity index (χ0n) is 8.59. The highest BCUT2D eigenvalue weighted by Gasteiger charge is 2.14. The average molecular weight is 194 g/mol. The molecule has 0 aromatic heterocycles. The Morgan fingerprint density at radius 3 is 2.71 bits per heavy atom. The fraction of sp³-hybridized carbons (Fsp3) is 0.727. The lowest BCUT2D eigenvalue weighted by Crippen LogP contribution is -2.46. The van der Waals surface area contributed by atoms with Gasteiger partial charge in [0.1, 0.15) is 0 Å². The Labute approximate surface area is 85.9 Å². The van der Waals surface area contributed by atoms with Crippen molar-refractivity contribution in [2.75, 3.05) is 26.2 Å². The van der Waals surface area contributed by atoms with Crippen molar-refractivity contribution in [3.05, 3.63) is 0 Å². The predicted molar refractivity (Wildman–Crippen MR) is 56.8 cm³/mol. The maximum Gasteiger partial charge on any atom is 0.222 e. The van der Waals surface area contributed by atoms with Crippen LogP contribution < -0.4 is 5.32 Å². The number of carbonyl (C=O) groups is 1. The molecule has 1 amide bonds. The van der Waals surface area contributed by atoms with E-state index >= 15 is 0 Å². The minimum Gasteiger partial charge on any atom is -0.340 e. The lowest BCUT2D eigenvalue weighted by Gasteiger charge is -2.27. The van der Waals surface area contributed by atoms with E-state index in [-0.39, 0.29) is 5.91 Å². The molecule has 1 aliphatic heterocycles. The van der Waals surface area contributed by atoms with Crippen molar-refractivity contribution in [3.63, 3.8) is 0 Å². The van der Waals surface area contributed by atoms with Crippen molar-refractivity contribution in [1.29, 1.82) is 0 Å². The van der Waals surface area contributed by atoms with Crippen LogP contribution >= 0.6 is 0 Å². The molecule has 1 N–H and O–H groups in total. The Balaban J connectivity index is 2.11. The summed E-state index contributed by atoms with van der Waals surface area (Å²) in [5.74, 6) is 2.87. The minimum absolute atomic E-state index is 0.281. The van der Waals surface area contributed by atoms with Gasteiger partial charge in [-0.15, -0.1) is 12.3 Å². The molecule has 0 radical (unpaired) electrons. The Morgan fingerprint density at radius 1 is 1.36 bits per heavy atom. The van der Waals surface area contributed by atoms with E-state index in [1.54, 1.807) is 0 Å². The number of piperazine rings is 1. The van der Waals surface area contributed by atoms with Crippen LogP contribution in [-0.2, 0) is 4.79 Å². The molecule has 3 heteroatoms. The van der Waals surface area contributed by atoms with Crippen LogP contribution in [0.5, 0.6) is 0 Å². The van der Waals surface area contributed by atoms with Crippen molar-refractivity contribution in [2.24, 2.45) is 0 Å². The number of carbonyl (C=O) groups excluding carboxylic acids is 1. The van der Waals surface area contributed by atoms with Gasteiger partial charge in [-0.05, 0) is 12.8 Å². The van der Waals surface area contributed by atoms with E-state index in [1.165, 1.54) is 0 Å². The highest BCUT2D eigenvalue weighted by atomic mass is 16.2. The topological polar surface area (TPSA) is 32.3 Å². The third-order valence-corrected chi connectivity index (χ3v) is 2.43. The van der Waals surface area contributed by atoms with Gasteiger partial charge in [0.05, 0.1) is 0 Å². The van der Waals surface area contributed by atoms with E-state index in [9.17, 15) is 4.79 Å². The molecule has 1 aliphatic rings. The zero-order chi connectivity index (χ0) is 10.2. The highest BCUT2D eigenvalue weighted by Crippen LogP contribution is 2.03. The minimum atomic E-state index is 0.281. The molecule has 0 aromatic carbocycles. The molecular formula is C11H18N2O. The van der Waals surface area contributed by atoms with Gasteiger partial charge in [-0.1, -0.05) is 0 Å². The van der Waals surface area contributed by atoms with Crippen LogP contribution in [0.3, 0.4) is 0 Å². The molecule has 14 heavy (non-hydrogen) atoms. The molecular weight excluding hydrogens is 176 g/mol. The Bertz CT molecular complexity index is 214. The first kappa shape index (κ1) is 11.1. The van der Waals surface area contributed by atoms with Crippen LogP contribution in [0.4, 0.5) is 0 Å². The molecule has 1 fully saturated rings. The number of rotatable bonds is 4. The van der Waals surface area contributed by atoms with Crippen LogP contribution in [0.1, 0.15) is 25.7 Å². The molecule has 3 nitrogen and oxygen atoms in total. The number of terminal acetylenes is 1. The van der Waals surface area contributed by atoms with Crippen molar-refractivity contribution < 1.29 is 4.79 Å². The van der Waals surface area contributed by atoms with E-state index < -0.39 is 0 Å². The van der Waals surface area contributed by atoms with Crippen LogP contribution in [0.25, 0.3) is 0 Å². The lowest BCUT2D eigenvalue weighted by atomic mass is 10.2. The first-order chi connectivity index (χ1) is 6.84. The molecule has 1 rings (SSSR count). The number of nitrogens with one attached hydrogen (secondary N) is 1. The number of hydrogen-bond donors (Lipinski definition) is 1. The van der Waals surface area contributed by atoms with E-state index in [4.69, 9.17) is 6.42 Å². The maximum absolute atomic E-state index is 11.6. The van der Waals surface area contributed by atoms with Crippen molar-refractivity contribution in [1.82, 2.24) is 10.2 Å². The van der Waals surface area contributed by atoms with Crippen LogP contribution in [0.2, 0.25) is 0 Å². The normalized spacial score (nSPS) is 16.4. The Kier molecular flexibility index (Phi) is 5.09. The summed E-state index contributed by atoms with van der Waals surface area (Å²) in [6, 6.07) is 0. The van der Waals surface area contributed by atoms with E-state index in [0.717, 1.165) is 45.4 Å². The summed E-state index contributed by atoms with van der Waals surface area (Å²) >= 11 is 0. The van der Waals surface area contributed by atoms with Gasteiger partial charge >= 0.3 is 0 Å². The molecule has 0 aromatic rings. The van der Waals surface area contributed by atoms with Crippen molar-refractivity contribution in [2.45, 2.75) is 25.7 Å². The van der Waals surface area contributed by atoms with Gasteiger partial charge < -0.3 is 10.2 Å². The van der Waals surface area contributed by atoms with Gasteiger partial charge in [0.2, 0.25) is 5.91 Å². The smallest absolute Gasteiger partial charge is 0.222 e. The molecule has 0 unspecified atom stereocenters. The van der Waals surface area contributed by atoms with Gasteiger partial charge in [0.25, 0.3) is 0 Å². The van der Waals surface area contributed by atoms with Crippen LogP contribution in [-0.4, -0.2) is 37.0 Å². The second-order valence-electron chi connectivity index (χ2n) is 3.54. The SMILES string of the molecule is C#CCCCCC(=O)N1CCNCC1.